The summed E-state index contributed by atoms with van der Waals surface area (Å²) >= 11 is 0. The zero-order valence-electron chi connectivity index (χ0n) is 18.8. The van der Waals surface area contributed by atoms with Gasteiger partial charge in [0.1, 0.15) is 6.23 Å². The molecule has 0 bridgehead atoms. The van der Waals surface area contributed by atoms with Crippen molar-refractivity contribution in [3.63, 3.8) is 0 Å². The van der Waals surface area contributed by atoms with E-state index < -0.39 is 59.6 Å². The molecule has 2 heterocycles. The zero-order valence-corrected chi connectivity index (χ0v) is 21.4. The Balaban J connectivity index is 1.65. The number of nitrogens with zero attached hydrogens (tertiary/aromatic N) is 4. The van der Waals surface area contributed by atoms with Gasteiger partial charge in [-0.15, -0.1) is 0 Å². The molecular weight excluding hydrogens is 561 g/mol. The van der Waals surface area contributed by atoms with Crippen LogP contribution in [0.2, 0.25) is 0 Å². The number of phosphoric ester groups is 1. The van der Waals surface area contributed by atoms with E-state index in [0.717, 1.165) is 4.57 Å². The van der Waals surface area contributed by atoms with Crippen molar-refractivity contribution < 1.29 is 46.3 Å². The Morgan fingerprint density at radius 1 is 1.19 bits per heavy atom. The van der Waals surface area contributed by atoms with E-state index in [1.165, 1.54) is 37.4 Å². The predicted octanol–water partition coefficient (Wildman–Crippen LogP) is 2.27. The van der Waals surface area contributed by atoms with Crippen LogP contribution < -0.4 is 16.3 Å². The Hall–Kier alpha value is -2.58. The predicted molar refractivity (Wildman–Crippen MR) is 125 cm³/mol. The molecule has 18 nitrogen and oxygen atoms in total. The van der Waals surface area contributed by atoms with E-state index in [1.54, 1.807) is 6.07 Å². The summed E-state index contributed by atoms with van der Waals surface area (Å²) in [6.45, 7) is 0.592. The van der Waals surface area contributed by atoms with E-state index in [-0.39, 0.29) is 17.7 Å². The number of azide groups is 1. The average molecular weight is 582 g/mol. The standard InChI is InChI=1S/C16H21N6O12P3/c1-10-8-22(16(24)18-15(10)23)14-7-12(19-21-17)13(32-14)9-31-36(27,28)34-37(29,30)33-35(25,26)20-11-5-3-2-4-6-11/h2-6,8,12-14H,7,9H2,1H3,(H,27,28)(H,29,30)(H,18,23,24)(H2,20,25,26)/t12-,13+,14+/m0/s1. The summed E-state index contributed by atoms with van der Waals surface area (Å²) in [6, 6.07) is 6.22. The minimum Gasteiger partial charge on any atom is -0.352 e. The van der Waals surface area contributed by atoms with Crippen LogP contribution in [0.4, 0.5) is 5.69 Å². The first-order valence-corrected chi connectivity index (χ1v) is 14.7. The lowest BCUT2D eigenvalue weighted by Crippen LogP contribution is -2.33. The van der Waals surface area contributed by atoms with Crippen molar-refractivity contribution in [2.45, 2.75) is 31.7 Å². The summed E-state index contributed by atoms with van der Waals surface area (Å²) in [5.74, 6) is 0. The third-order valence-electron chi connectivity index (χ3n) is 4.73. The fraction of sp³-hybridized carbons (Fsp3) is 0.375. The molecule has 3 rings (SSSR count). The molecule has 5 N–H and O–H groups in total. The molecule has 0 saturated carbocycles. The first-order valence-electron chi connectivity index (χ1n) is 10.1. The highest BCUT2D eigenvalue weighted by molar-refractivity contribution is 7.68. The van der Waals surface area contributed by atoms with Gasteiger partial charge in [-0.2, -0.15) is 8.62 Å². The Morgan fingerprint density at radius 3 is 2.51 bits per heavy atom. The monoisotopic (exact) mass is 582 g/mol. The summed E-state index contributed by atoms with van der Waals surface area (Å²) < 4.78 is 55.8. The summed E-state index contributed by atoms with van der Waals surface area (Å²) in [5.41, 5.74) is 7.57. The van der Waals surface area contributed by atoms with Crippen molar-refractivity contribution in [3.8, 4) is 0 Å². The van der Waals surface area contributed by atoms with Gasteiger partial charge in [0, 0.05) is 28.8 Å². The Kier molecular flexibility index (Phi) is 8.96. The van der Waals surface area contributed by atoms with Gasteiger partial charge >= 0.3 is 29.1 Å². The van der Waals surface area contributed by atoms with Gasteiger partial charge in [0.25, 0.3) is 5.56 Å². The van der Waals surface area contributed by atoms with Gasteiger partial charge in [-0.3, -0.25) is 24.0 Å². The highest BCUT2D eigenvalue weighted by Crippen LogP contribution is 2.67. The normalized spacial score (nSPS) is 24.3. The van der Waals surface area contributed by atoms with E-state index in [9.17, 15) is 38.0 Å². The minimum absolute atomic E-state index is 0.0329. The van der Waals surface area contributed by atoms with Crippen molar-refractivity contribution in [1.29, 1.82) is 0 Å². The van der Waals surface area contributed by atoms with Crippen LogP contribution in [0.25, 0.3) is 10.4 Å². The highest BCUT2D eigenvalue weighted by atomic mass is 31.3. The lowest BCUT2D eigenvalue weighted by Gasteiger charge is -2.21. The number of rotatable bonds is 11. The third kappa shape index (κ3) is 8.20. The van der Waals surface area contributed by atoms with E-state index in [1.807, 2.05) is 5.09 Å². The van der Waals surface area contributed by atoms with Gasteiger partial charge in [0.2, 0.25) is 0 Å². The van der Waals surface area contributed by atoms with Crippen molar-refractivity contribution in [1.82, 2.24) is 9.55 Å². The second kappa shape index (κ2) is 11.4. The van der Waals surface area contributed by atoms with Crippen LogP contribution in [0.3, 0.4) is 0 Å². The fourth-order valence-electron chi connectivity index (χ4n) is 3.20. The van der Waals surface area contributed by atoms with Crippen molar-refractivity contribution in [2.24, 2.45) is 5.11 Å². The van der Waals surface area contributed by atoms with Gasteiger partial charge in [0.15, 0.2) is 0 Å². The molecular formula is C16H21N6O12P3. The number of nitrogens with one attached hydrogen (secondary N) is 2. The zero-order chi connectivity index (χ0) is 27.4. The molecule has 3 unspecified atom stereocenters. The lowest BCUT2D eigenvalue weighted by molar-refractivity contribution is -0.0267. The molecule has 0 amide bonds. The maximum Gasteiger partial charge on any atom is 0.489 e. The summed E-state index contributed by atoms with van der Waals surface area (Å²) in [5, 5.41) is 5.42. The summed E-state index contributed by atoms with van der Waals surface area (Å²) in [6.07, 6.45) is -1.20. The second-order valence-electron chi connectivity index (χ2n) is 7.51. The molecule has 1 aliphatic heterocycles. The molecule has 1 saturated heterocycles. The van der Waals surface area contributed by atoms with Crippen molar-refractivity contribution in [2.75, 3.05) is 11.7 Å². The number of hydrogen-bond acceptors (Lipinski definition) is 10. The van der Waals surface area contributed by atoms with Gasteiger partial charge in [0.05, 0.1) is 18.8 Å². The fourth-order valence-corrected chi connectivity index (χ4v) is 6.91. The van der Waals surface area contributed by atoms with Crippen LogP contribution in [-0.2, 0) is 31.6 Å². The molecule has 37 heavy (non-hydrogen) atoms. The van der Waals surface area contributed by atoms with Crippen molar-refractivity contribution >= 4 is 29.1 Å². The lowest BCUT2D eigenvalue weighted by atomic mass is 10.1. The maximum absolute atomic E-state index is 12.2. The number of H-pyrrole nitrogens is 1. The molecule has 202 valence electrons. The SMILES string of the molecule is Cc1cn([C@H]2C[C@H](N=[N+]=[N-])[C@@H](COP(=O)(O)OP(=O)(O)OP(=O)(O)Nc3ccccc3)O2)c(=O)[nH]c1=O. The van der Waals surface area contributed by atoms with E-state index in [2.05, 4.69) is 28.2 Å². The first-order chi connectivity index (χ1) is 17.2. The van der Waals surface area contributed by atoms with Gasteiger partial charge in [-0.05, 0) is 24.6 Å². The van der Waals surface area contributed by atoms with Crippen LogP contribution in [0.15, 0.2) is 51.2 Å². The van der Waals surface area contributed by atoms with E-state index >= 15 is 0 Å². The van der Waals surface area contributed by atoms with Crippen LogP contribution in [0.1, 0.15) is 18.2 Å². The number of anilines is 1. The van der Waals surface area contributed by atoms with Gasteiger partial charge in [-0.1, -0.05) is 23.3 Å². The highest BCUT2D eigenvalue weighted by Gasteiger charge is 2.43. The quantitative estimate of drug-likeness (QED) is 0.110. The molecule has 1 fully saturated rings. The average Bonchev–Trinajstić information content (AvgIpc) is 3.16. The molecule has 0 spiro atoms. The molecule has 2 aromatic rings. The summed E-state index contributed by atoms with van der Waals surface area (Å²) in [4.78, 5) is 57.8. The topological polar surface area (TPSA) is 264 Å². The smallest absolute Gasteiger partial charge is 0.352 e. The number of aromatic amines is 1. The minimum atomic E-state index is -5.65. The van der Waals surface area contributed by atoms with Crippen LogP contribution >= 0.6 is 23.4 Å². The number of phosphoric acid groups is 2. The molecule has 0 aliphatic carbocycles. The summed E-state index contributed by atoms with van der Waals surface area (Å²) in [7, 11) is -16.1. The molecule has 21 heteroatoms. The molecule has 0 radical (unpaired) electrons. The maximum atomic E-state index is 12.2. The molecule has 1 aromatic heterocycles. The number of para-hydroxylation sites is 1. The number of aryl methyl sites for hydroxylation is 1. The van der Waals surface area contributed by atoms with E-state index in [0.29, 0.717) is 0 Å². The molecule has 1 aliphatic rings. The third-order valence-corrected chi connectivity index (χ3v) is 9.10. The Labute approximate surface area is 207 Å². The number of aromatic nitrogens is 2. The van der Waals surface area contributed by atoms with Gasteiger partial charge < -0.3 is 19.4 Å². The number of hydrogen-bond donors (Lipinski definition) is 5. The van der Waals surface area contributed by atoms with Gasteiger partial charge in [-0.25, -0.2) is 18.5 Å². The first kappa shape index (κ1) is 29.0. The van der Waals surface area contributed by atoms with Crippen molar-refractivity contribution in [3.05, 3.63) is 73.4 Å². The largest absolute Gasteiger partial charge is 0.489 e. The van der Waals surface area contributed by atoms with E-state index in [4.69, 9.17) is 10.3 Å². The van der Waals surface area contributed by atoms with Crippen LogP contribution in [0, 0.1) is 6.92 Å². The Morgan fingerprint density at radius 2 is 1.86 bits per heavy atom. The molecule has 1 aromatic carbocycles. The Bertz CT molecular complexity index is 1440. The second-order valence-corrected chi connectivity index (χ2v) is 12.2. The number of ether oxygens (including phenoxy) is 1. The molecule has 6 atom stereocenters. The van der Waals surface area contributed by atoms with Crippen LogP contribution in [-0.4, -0.2) is 43.0 Å². The number of benzene rings is 1. The van der Waals surface area contributed by atoms with Crippen LogP contribution in [0.5, 0.6) is 0 Å².